The van der Waals surface area contributed by atoms with Crippen LogP contribution in [0.15, 0.2) is 30.3 Å². The molecule has 1 aromatic carbocycles. The van der Waals surface area contributed by atoms with E-state index in [0.717, 1.165) is 32.5 Å². The molecule has 25 heavy (non-hydrogen) atoms. The van der Waals surface area contributed by atoms with E-state index in [1.54, 1.807) is 26.0 Å². The van der Waals surface area contributed by atoms with Crippen molar-refractivity contribution in [2.24, 2.45) is 5.92 Å². The van der Waals surface area contributed by atoms with E-state index in [4.69, 9.17) is 0 Å². The van der Waals surface area contributed by atoms with Gasteiger partial charge in [0.25, 0.3) is 0 Å². The molecule has 1 atom stereocenters. The van der Waals surface area contributed by atoms with Gasteiger partial charge in [-0.3, -0.25) is 4.79 Å². The summed E-state index contributed by atoms with van der Waals surface area (Å²) in [5.74, 6) is 0.438. The minimum atomic E-state index is -0.944. The molecule has 7 heteroatoms. The van der Waals surface area contributed by atoms with Crippen LogP contribution in [0.4, 0.5) is 10.5 Å². The molecule has 0 aliphatic carbocycles. The van der Waals surface area contributed by atoms with Gasteiger partial charge in [0.1, 0.15) is 5.54 Å². The number of urea groups is 1. The summed E-state index contributed by atoms with van der Waals surface area (Å²) in [5.41, 5.74) is -0.245. The molecule has 1 saturated heterocycles. The van der Waals surface area contributed by atoms with Crippen LogP contribution in [0.3, 0.4) is 0 Å². The fraction of sp³-hybridized carbons (Fsp3) is 0.556. The van der Waals surface area contributed by atoms with Gasteiger partial charge in [-0.15, -0.1) is 12.4 Å². The standard InChI is InChI=1S/C18H28N4O2.ClH/c1-18(2,21-17(24)20-15-9-5-4-6-10-15)16(23)22-11-7-8-14(13-22)12-19-3;/h4-6,9-10,14,19H,7-8,11-13H2,1-3H3,(H2,20,21,24);1H. The Bertz CT molecular complexity index is 563. The first-order chi connectivity index (χ1) is 11.4. The Hall–Kier alpha value is -1.79. The van der Waals surface area contributed by atoms with E-state index < -0.39 is 5.54 Å². The third-order valence-electron chi connectivity index (χ3n) is 4.29. The van der Waals surface area contributed by atoms with Crippen LogP contribution in [0, 0.1) is 5.92 Å². The molecule has 3 N–H and O–H groups in total. The summed E-state index contributed by atoms with van der Waals surface area (Å²) in [4.78, 5) is 26.9. The third kappa shape index (κ3) is 6.21. The summed E-state index contributed by atoms with van der Waals surface area (Å²) in [6.07, 6.45) is 2.14. The zero-order valence-electron chi connectivity index (χ0n) is 15.2. The van der Waals surface area contributed by atoms with Crippen LogP contribution in [0.2, 0.25) is 0 Å². The minimum absolute atomic E-state index is 0. The van der Waals surface area contributed by atoms with Gasteiger partial charge in [-0.25, -0.2) is 4.79 Å². The van der Waals surface area contributed by atoms with Crippen molar-refractivity contribution in [2.75, 3.05) is 32.0 Å². The first-order valence-electron chi connectivity index (χ1n) is 8.50. The van der Waals surface area contributed by atoms with E-state index in [1.165, 1.54) is 0 Å². The summed E-state index contributed by atoms with van der Waals surface area (Å²) >= 11 is 0. The van der Waals surface area contributed by atoms with E-state index in [2.05, 4.69) is 16.0 Å². The molecule has 0 spiro atoms. The molecule has 6 nitrogen and oxygen atoms in total. The van der Waals surface area contributed by atoms with Crippen LogP contribution < -0.4 is 16.0 Å². The highest BCUT2D eigenvalue weighted by Gasteiger charge is 2.35. The lowest BCUT2D eigenvalue weighted by molar-refractivity contribution is -0.138. The molecule has 1 fully saturated rings. The average Bonchev–Trinajstić information content (AvgIpc) is 2.55. The largest absolute Gasteiger partial charge is 0.340 e. The number of carbonyl (C=O) groups is 2. The number of halogens is 1. The molecule has 2 rings (SSSR count). The SMILES string of the molecule is CNCC1CCCN(C(=O)C(C)(C)NC(=O)Nc2ccccc2)C1.Cl. The van der Waals surface area contributed by atoms with Gasteiger partial charge in [0.15, 0.2) is 0 Å². The first-order valence-corrected chi connectivity index (χ1v) is 8.50. The van der Waals surface area contributed by atoms with Crippen molar-refractivity contribution < 1.29 is 9.59 Å². The minimum Gasteiger partial charge on any atom is -0.340 e. The Kier molecular flexibility index (Phi) is 8.19. The van der Waals surface area contributed by atoms with Crippen molar-refractivity contribution in [1.82, 2.24) is 15.5 Å². The number of anilines is 1. The van der Waals surface area contributed by atoms with Crippen LogP contribution in [0.5, 0.6) is 0 Å². The number of likely N-dealkylation sites (tertiary alicyclic amines) is 1. The predicted octanol–water partition coefficient (Wildman–Crippen LogP) is 2.47. The number of piperidine rings is 1. The number of hydrogen-bond acceptors (Lipinski definition) is 3. The molecule has 3 amide bonds. The third-order valence-corrected chi connectivity index (χ3v) is 4.29. The summed E-state index contributed by atoms with van der Waals surface area (Å²) in [7, 11) is 1.93. The Balaban J connectivity index is 0.00000312. The summed E-state index contributed by atoms with van der Waals surface area (Å²) in [6, 6.07) is 8.82. The second kappa shape index (κ2) is 9.63. The van der Waals surface area contributed by atoms with Crippen LogP contribution in [0.1, 0.15) is 26.7 Å². The predicted molar refractivity (Wildman–Crippen MR) is 103 cm³/mol. The number of nitrogens with one attached hydrogen (secondary N) is 3. The molecule has 1 aliphatic heterocycles. The van der Waals surface area contributed by atoms with Crippen molar-refractivity contribution in [3.8, 4) is 0 Å². The van der Waals surface area contributed by atoms with Gasteiger partial charge in [-0.05, 0) is 58.3 Å². The van der Waals surface area contributed by atoms with E-state index in [0.29, 0.717) is 11.6 Å². The monoisotopic (exact) mass is 368 g/mol. The molecule has 1 aromatic rings. The number of rotatable bonds is 5. The van der Waals surface area contributed by atoms with E-state index in [1.807, 2.05) is 30.1 Å². The van der Waals surface area contributed by atoms with Crippen LogP contribution >= 0.6 is 12.4 Å². The van der Waals surface area contributed by atoms with E-state index in [-0.39, 0.29) is 24.3 Å². The lowest BCUT2D eigenvalue weighted by atomic mass is 9.95. The lowest BCUT2D eigenvalue weighted by Gasteiger charge is -2.37. The number of carbonyl (C=O) groups excluding carboxylic acids is 2. The maximum Gasteiger partial charge on any atom is 0.320 e. The fourth-order valence-corrected chi connectivity index (χ4v) is 3.12. The molecule has 1 heterocycles. The molecule has 0 aromatic heterocycles. The number of benzene rings is 1. The van der Waals surface area contributed by atoms with Gasteiger partial charge in [0.2, 0.25) is 5.91 Å². The highest BCUT2D eigenvalue weighted by atomic mass is 35.5. The highest BCUT2D eigenvalue weighted by molar-refractivity contribution is 5.95. The van der Waals surface area contributed by atoms with Crippen LogP contribution in [-0.4, -0.2) is 49.1 Å². The molecule has 0 bridgehead atoms. The van der Waals surface area contributed by atoms with Crippen molar-refractivity contribution in [1.29, 1.82) is 0 Å². The van der Waals surface area contributed by atoms with Crippen LogP contribution in [0.25, 0.3) is 0 Å². The zero-order chi connectivity index (χ0) is 17.6. The van der Waals surface area contributed by atoms with Crippen molar-refractivity contribution in [3.63, 3.8) is 0 Å². The lowest BCUT2D eigenvalue weighted by Crippen LogP contribution is -2.58. The van der Waals surface area contributed by atoms with Gasteiger partial charge in [0.05, 0.1) is 0 Å². The number of para-hydroxylation sites is 1. The number of amides is 3. The number of nitrogens with zero attached hydrogens (tertiary/aromatic N) is 1. The van der Waals surface area contributed by atoms with E-state index in [9.17, 15) is 9.59 Å². The van der Waals surface area contributed by atoms with Gasteiger partial charge < -0.3 is 20.9 Å². The maximum absolute atomic E-state index is 12.8. The topological polar surface area (TPSA) is 73.5 Å². The first kappa shape index (κ1) is 21.3. The molecule has 1 aliphatic rings. The van der Waals surface area contributed by atoms with Gasteiger partial charge in [-0.1, -0.05) is 18.2 Å². The number of hydrogen-bond donors (Lipinski definition) is 3. The zero-order valence-corrected chi connectivity index (χ0v) is 16.0. The second-order valence-corrected chi connectivity index (χ2v) is 6.89. The highest BCUT2D eigenvalue weighted by Crippen LogP contribution is 2.19. The maximum atomic E-state index is 12.8. The van der Waals surface area contributed by atoms with Gasteiger partial charge in [0, 0.05) is 18.8 Å². The van der Waals surface area contributed by atoms with Gasteiger partial charge >= 0.3 is 6.03 Å². The van der Waals surface area contributed by atoms with Crippen molar-refractivity contribution >= 4 is 30.0 Å². The summed E-state index contributed by atoms with van der Waals surface area (Å²) in [5, 5.41) is 8.72. The smallest absolute Gasteiger partial charge is 0.320 e. The normalized spacial score (nSPS) is 17.4. The molecule has 1 unspecified atom stereocenters. The molecule has 140 valence electrons. The van der Waals surface area contributed by atoms with Gasteiger partial charge in [-0.2, -0.15) is 0 Å². The molecule has 0 saturated carbocycles. The Morgan fingerprint density at radius 3 is 2.56 bits per heavy atom. The van der Waals surface area contributed by atoms with Crippen molar-refractivity contribution in [3.05, 3.63) is 30.3 Å². The molecular weight excluding hydrogens is 340 g/mol. The van der Waals surface area contributed by atoms with E-state index >= 15 is 0 Å². The Morgan fingerprint density at radius 2 is 1.92 bits per heavy atom. The molecule has 0 radical (unpaired) electrons. The summed E-state index contributed by atoms with van der Waals surface area (Å²) in [6.45, 7) is 5.91. The second-order valence-electron chi connectivity index (χ2n) is 6.89. The average molecular weight is 369 g/mol. The fourth-order valence-electron chi connectivity index (χ4n) is 3.12. The van der Waals surface area contributed by atoms with Crippen LogP contribution in [-0.2, 0) is 4.79 Å². The quantitative estimate of drug-likeness (QED) is 0.747. The Labute approximate surface area is 156 Å². The molecular formula is C18H29ClN4O2. The van der Waals surface area contributed by atoms with Crippen molar-refractivity contribution in [2.45, 2.75) is 32.2 Å². The summed E-state index contributed by atoms with van der Waals surface area (Å²) < 4.78 is 0. The Morgan fingerprint density at radius 1 is 1.24 bits per heavy atom.